The molecule has 1 aromatic heterocycles. The van der Waals surface area contributed by atoms with Crippen LogP contribution < -0.4 is 10.1 Å². The zero-order valence-corrected chi connectivity index (χ0v) is 11.9. The molecule has 0 atom stereocenters. The molecule has 0 radical (unpaired) electrons. The van der Waals surface area contributed by atoms with Crippen molar-refractivity contribution in [2.45, 2.75) is 6.92 Å². The van der Waals surface area contributed by atoms with E-state index < -0.39 is 0 Å². The third-order valence-electron chi connectivity index (χ3n) is 2.56. The minimum absolute atomic E-state index is 0.656. The van der Waals surface area contributed by atoms with E-state index in [1.807, 2.05) is 37.3 Å². The Hall–Kier alpha value is -1.65. The van der Waals surface area contributed by atoms with Crippen molar-refractivity contribution >= 4 is 11.3 Å². The molecule has 1 heterocycles. The Labute approximate surface area is 118 Å². The van der Waals surface area contributed by atoms with E-state index in [1.54, 1.807) is 11.3 Å². The summed E-state index contributed by atoms with van der Waals surface area (Å²) in [6, 6.07) is 8.06. The molecule has 0 fully saturated rings. The van der Waals surface area contributed by atoms with E-state index in [2.05, 4.69) is 22.3 Å². The van der Waals surface area contributed by atoms with Gasteiger partial charge in [-0.3, -0.25) is 0 Å². The van der Waals surface area contributed by atoms with Gasteiger partial charge in [0.2, 0.25) is 0 Å². The van der Waals surface area contributed by atoms with Crippen molar-refractivity contribution in [2.75, 3.05) is 19.7 Å². The normalized spacial score (nSPS) is 10.4. The van der Waals surface area contributed by atoms with E-state index in [0.717, 1.165) is 35.1 Å². The Morgan fingerprint density at radius 3 is 2.79 bits per heavy atom. The number of thiazole rings is 1. The fraction of sp³-hybridized carbons (Fsp3) is 0.267. The molecule has 2 aromatic rings. The van der Waals surface area contributed by atoms with E-state index in [4.69, 9.17) is 4.74 Å². The highest BCUT2D eigenvalue weighted by Gasteiger charge is 2.02. The van der Waals surface area contributed by atoms with E-state index in [9.17, 15) is 0 Å². The quantitative estimate of drug-likeness (QED) is 0.621. The molecular weight excluding hydrogens is 256 g/mol. The van der Waals surface area contributed by atoms with Crippen molar-refractivity contribution in [3.63, 3.8) is 0 Å². The molecule has 0 unspecified atom stereocenters. The van der Waals surface area contributed by atoms with Crippen molar-refractivity contribution < 1.29 is 4.74 Å². The zero-order chi connectivity index (χ0) is 13.5. The van der Waals surface area contributed by atoms with Crippen LogP contribution in [0.25, 0.3) is 10.6 Å². The molecular formula is C15H18N2OS. The van der Waals surface area contributed by atoms with E-state index >= 15 is 0 Å². The number of ether oxygens (including phenoxy) is 1. The maximum absolute atomic E-state index is 5.63. The van der Waals surface area contributed by atoms with Gasteiger partial charge in [-0.15, -0.1) is 17.9 Å². The average molecular weight is 274 g/mol. The number of benzene rings is 1. The van der Waals surface area contributed by atoms with Gasteiger partial charge >= 0.3 is 0 Å². The molecule has 0 saturated carbocycles. The number of aryl methyl sites for hydroxylation is 1. The van der Waals surface area contributed by atoms with Crippen LogP contribution in [0.5, 0.6) is 5.75 Å². The van der Waals surface area contributed by atoms with Gasteiger partial charge in [-0.1, -0.05) is 6.08 Å². The topological polar surface area (TPSA) is 34.1 Å². The first-order chi connectivity index (χ1) is 9.29. The van der Waals surface area contributed by atoms with Gasteiger partial charge in [0, 0.05) is 29.7 Å². The summed E-state index contributed by atoms with van der Waals surface area (Å²) in [4.78, 5) is 4.46. The number of rotatable bonds is 7. The van der Waals surface area contributed by atoms with Crippen molar-refractivity contribution in [1.82, 2.24) is 10.3 Å². The fourth-order valence-corrected chi connectivity index (χ4v) is 2.43. The molecule has 0 amide bonds. The summed E-state index contributed by atoms with van der Waals surface area (Å²) in [7, 11) is 0. The highest BCUT2D eigenvalue weighted by atomic mass is 32.1. The average Bonchev–Trinajstić information content (AvgIpc) is 2.86. The highest BCUT2D eigenvalue weighted by Crippen LogP contribution is 2.25. The van der Waals surface area contributed by atoms with Crippen LogP contribution in [-0.4, -0.2) is 24.7 Å². The molecule has 4 heteroatoms. The number of hydrogen-bond acceptors (Lipinski definition) is 4. The lowest BCUT2D eigenvalue weighted by atomic mass is 10.2. The maximum atomic E-state index is 5.63. The molecule has 19 heavy (non-hydrogen) atoms. The van der Waals surface area contributed by atoms with Crippen LogP contribution in [0.3, 0.4) is 0 Å². The van der Waals surface area contributed by atoms with Gasteiger partial charge in [-0.25, -0.2) is 4.98 Å². The number of nitrogens with zero attached hydrogens (tertiary/aromatic N) is 1. The molecule has 2 rings (SSSR count). The SMILES string of the molecule is C=CCNCCOc1ccc(-c2nc(C)cs2)cc1. The second-order valence-corrected chi connectivity index (χ2v) is 5.02. The summed E-state index contributed by atoms with van der Waals surface area (Å²) in [5.41, 5.74) is 2.20. The zero-order valence-electron chi connectivity index (χ0n) is 11.1. The minimum atomic E-state index is 0.656. The Morgan fingerprint density at radius 1 is 1.37 bits per heavy atom. The summed E-state index contributed by atoms with van der Waals surface area (Å²) >= 11 is 1.66. The van der Waals surface area contributed by atoms with Gasteiger partial charge in [-0.2, -0.15) is 0 Å². The summed E-state index contributed by atoms with van der Waals surface area (Å²) < 4.78 is 5.63. The van der Waals surface area contributed by atoms with Crippen LogP contribution in [0.4, 0.5) is 0 Å². The third-order valence-corrected chi connectivity index (χ3v) is 3.57. The number of nitrogens with one attached hydrogen (secondary N) is 1. The smallest absolute Gasteiger partial charge is 0.123 e. The number of hydrogen-bond donors (Lipinski definition) is 1. The van der Waals surface area contributed by atoms with Crippen molar-refractivity contribution in [1.29, 1.82) is 0 Å². The number of aromatic nitrogens is 1. The standard InChI is InChI=1S/C15H18N2OS/c1-3-8-16-9-10-18-14-6-4-13(5-7-14)15-17-12(2)11-19-15/h3-7,11,16H,1,8-10H2,2H3. The maximum Gasteiger partial charge on any atom is 0.123 e. The first kappa shape index (κ1) is 13.8. The Balaban J connectivity index is 1.86. The molecule has 100 valence electrons. The van der Waals surface area contributed by atoms with Gasteiger partial charge in [0.05, 0.1) is 0 Å². The fourth-order valence-electron chi connectivity index (χ4n) is 1.63. The second kappa shape index (κ2) is 7.07. The molecule has 0 bridgehead atoms. The predicted molar refractivity (Wildman–Crippen MR) is 80.8 cm³/mol. The molecule has 0 aliphatic carbocycles. The van der Waals surface area contributed by atoms with E-state index in [-0.39, 0.29) is 0 Å². The van der Waals surface area contributed by atoms with Crippen LogP contribution >= 0.6 is 11.3 Å². The lowest BCUT2D eigenvalue weighted by Gasteiger charge is -2.06. The molecule has 1 N–H and O–H groups in total. The summed E-state index contributed by atoms with van der Waals surface area (Å²) in [6.07, 6.45) is 1.84. The van der Waals surface area contributed by atoms with Crippen LogP contribution in [0.2, 0.25) is 0 Å². The summed E-state index contributed by atoms with van der Waals surface area (Å²) in [5, 5.41) is 6.31. The van der Waals surface area contributed by atoms with Crippen LogP contribution in [0, 0.1) is 6.92 Å². The largest absolute Gasteiger partial charge is 0.492 e. The molecule has 0 aliphatic heterocycles. The molecule has 0 spiro atoms. The lowest BCUT2D eigenvalue weighted by molar-refractivity contribution is 0.316. The molecule has 3 nitrogen and oxygen atoms in total. The Kier molecular flexibility index (Phi) is 5.12. The third kappa shape index (κ3) is 4.19. The van der Waals surface area contributed by atoms with Crippen LogP contribution in [0.15, 0.2) is 42.3 Å². The molecule has 0 saturated heterocycles. The van der Waals surface area contributed by atoms with Gasteiger partial charge in [-0.05, 0) is 31.2 Å². The van der Waals surface area contributed by atoms with E-state index in [0.29, 0.717) is 6.61 Å². The van der Waals surface area contributed by atoms with Gasteiger partial charge in [0.15, 0.2) is 0 Å². The molecule has 0 aliphatic rings. The lowest BCUT2D eigenvalue weighted by Crippen LogP contribution is -2.20. The highest BCUT2D eigenvalue weighted by molar-refractivity contribution is 7.13. The summed E-state index contributed by atoms with van der Waals surface area (Å²) in [5.74, 6) is 0.887. The van der Waals surface area contributed by atoms with Crippen molar-refractivity contribution in [3.8, 4) is 16.3 Å². The van der Waals surface area contributed by atoms with Crippen LogP contribution in [0.1, 0.15) is 5.69 Å². The monoisotopic (exact) mass is 274 g/mol. The Morgan fingerprint density at radius 2 is 2.16 bits per heavy atom. The first-order valence-corrected chi connectivity index (χ1v) is 7.14. The van der Waals surface area contributed by atoms with Crippen molar-refractivity contribution in [2.24, 2.45) is 0 Å². The molecule has 1 aromatic carbocycles. The first-order valence-electron chi connectivity index (χ1n) is 6.26. The van der Waals surface area contributed by atoms with Crippen molar-refractivity contribution in [3.05, 3.63) is 48.0 Å². The van der Waals surface area contributed by atoms with E-state index in [1.165, 1.54) is 0 Å². The van der Waals surface area contributed by atoms with Gasteiger partial charge < -0.3 is 10.1 Å². The van der Waals surface area contributed by atoms with Gasteiger partial charge in [0.25, 0.3) is 0 Å². The van der Waals surface area contributed by atoms with Crippen LogP contribution in [-0.2, 0) is 0 Å². The second-order valence-electron chi connectivity index (χ2n) is 4.16. The summed E-state index contributed by atoms with van der Waals surface area (Å²) in [6.45, 7) is 7.94. The predicted octanol–water partition coefficient (Wildman–Crippen LogP) is 3.27. The van der Waals surface area contributed by atoms with Gasteiger partial charge in [0.1, 0.15) is 17.4 Å². The Bertz CT molecular complexity index is 519. The minimum Gasteiger partial charge on any atom is -0.492 e.